The molecule has 0 radical (unpaired) electrons. The molecule has 0 atom stereocenters. The van der Waals surface area contributed by atoms with Crippen LogP contribution in [0.3, 0.4) is 0 Å². The summed E-state index contributed by atoms with van der Waals surface area (Å²) >= 11 is 6.09. The highest BCUT2D eigenvalue weighted by atomic mass is 35.5. The minimum Gasteiger partial charge on any atom is -0.495 e. The molecule has 2 aromatic carbocycles. The van der Waals surface area contributed by atoms with Gasteiger partial charge in [-0.1, -0.05) is 23.7 Å². The van der Waals surface area contributed by atoms with E-state index >= 15 is 0 Å². The maximum atomic E-state index is 9.44. The Morgan fingerprint density at radius 2 is 2.23 bits per heavy atom. The van der Waals surface area contributed by atoms with Crippen LogP contribution in [-0.2, 0) is 0 Å². The number of aromatic amines is 1. The third-order valence-electron chi connectivity index (χ3n) is 3.21. The molecular formula is C15H13ClN4O2. The van der Waals surface area contributed by atoms with Gasteiger partial charge in [-0.15, -0.1) is 0 Å². The lowest BCUT2D eigenvalue weighted by molar-refractivity contribution is 0.235. The summed E-state index contributed by atoms with van der Waals surface area (Å²) < 4.78 is 5.10. The van der Waals surface area contributed by atoms with Crippen LogP contribution in [0.1, 0.15) is 5.56 Å². The summed E-state index contributed by atoms with van der Waals surface area (Å²) in [4.78, 5) is 4.38. The van der Waals surface area contributed by atoms with Gasteiger partial charge in [-0.25, -0.2) is 4.99 Å². The number of methoxy groups -OCH3 is 1. The summed E-state index contributed by atoms with van der Waals surface area (Å²) in [5.74, 6) is 0.853. The molecular weight excluding hydrogens is 304 g/mol. The lowest BCUT2D eigenvalue weighted by Crippen LogP contribution is -2.20. The number of ether oxygens (including phenoxy) is 1. The smallest absolute Gasteiger partial charge is 0.159 e. The van der Waals surface area contributed by atoms with Crippen molar-refractivity contribution in [3.05, 3.63) is 53.2 Å². The standard InChI is InChI=1S/C15H13ClN4O2/c1-22-13-6-5-10(7-12(13)16)18-15(20-21)11-4-2-3-9-8-17-19-14(9)11/h2-8,21H,1H3,(H,17,19)(H,18,20). The van der Waals surface area contributed by atoms with Crippen molar-refractivity contribution in [3.63, 3.8) is 0 Å². The fourth-order valence-electron chi connectivity index (χ4n) is 2.17. The van der Waals surface area contributed by atoms with E-state index in [-0.39, 0.29) is 5.84 Å². The molecule has 0 bridgehead atoms. The molecule has 3 aromatic rings. The number of aliphatic imine (C=N–C) groups is 1. The molecule has 0 aliphatic carbocycles. The van der Waals surface area contributed by atoms with Crippen LogP contribution >= 0.6 is 11.6 Å². The fourth-order valence-corrected chi connectivity index (χ4v) is 2.42. The Bertz CT molecular complexity index is 844. The normalized spacial score (nSPS) is 11.7. The Morgan fingerprint density at radius 1 is 1.36 bits per heavy atom. The van der Waals surface area contributed by atoms with Gasteiger partial charge >= 0.3 is 0 Å². The van der Waals surface area contributed by atoms with Crippen molar-refractivity contribution in [2.45, 2.75) is 0 Å². The molecule has 0 amide bonds. The summed E-state index contributed by atoms with van der Waals surface area (Å²) in [5.41, 5.74) is 4.19. The number of hydroxylamine groups is 1. The van der Waals surface area contributed by atoms with Crippen LogP contribution in [0.2, 0.25) is 5.02 Å². The highest BCUT2D eigenvalue weighted by Gasteiger charge is 2.10. The molecule has 0 aliphatic heterocycles. The van der Waals surface area contributed by atoms with Gasteiger partial charge in [-0.2, -0.15) is 5.10 Å². The van der Waals surface area contributed by atoms with E-state index in [0.29, 0.717) is 22.0 Å². The Hall–Kier alpha value is -2.57. The molecule has 0 saturated heterocycles. The topological polar surface area (TPSA) is 82.5 Å². The Kier molecular flexibility index (Phi) is 3.95. The van der Waals surface area contributed by atoms with E-state index in [2.05, 4.69) is 20.7 Å². The maximum Gasteiger partial charge on any atom is 0.159 e. The lowest BCUT2D eigenvalue weighted by atomic mass is 10.1. The second kappa shape index (κ2) is 6.05. The van der Waals surface area contributed by atoms with Gasteiger partial charge in [0.05, 0.1) is 29.5 Å². The van der Waals surface area contributed by atoms with Crippen LogP contribution in [0.25, 0.3) is 10.9 Å². The summed E-state index contributed by atoms with van der Waals surface area (Å²) in [6.45, 7) is 0. The minimum atomic E-state index is 0.288. The van der Waals surface area contributed by atoms with E-state index in [4.69, 9.17) is 16.3 Å². The minimum absolute atomic E-state index is 0.288. The van der Waals surface area contributed by atoms with Crippen LogP contribution in [0.4, 0.5) is 5.69 Å². The zero-order chi connectivity index (χ0) is 15.5. The van der Waals surface area contributed by atoms with Crippen LogP contribution in [0.5, 0.6) is 5.75 Å². The second-order valence-corrected chi connectivity index (χ2v) is 4.94. The van der Waals surface area contributed by atoms with Gasteiger partial charge in [0, 0.05) is 10.9 Å². The zero-order valence-corrected chi connectivity index (χ0v) is 12.4. The molecule has 22 heavy (non-hydrogen) atoms. The van der Waals surface area contributed by atoms with E-state index in [9.17, 15) is 5.21 Å². The Balaban J connectivity index is 2.07. The number of fused-ring (bicyclic) bond motifs is 1. The first-order valence-corrected chi connectivity index (χ1v) is 6.85. The van der Waals surface area contributed by atoms with Crippen molar-refractivity contribution in [1.82, 2.24) is 15.7 Å². The van der Waals surface area contributed by atoms with Crippen LogP contribution in [0.15, 0.2) is 47.6 Å². The number of benzene rings is 2. The molecule has 3 N–H and O–H groups in total. The van der Waals surface area contributed by atoms with Crippen molar-refractivity contribution in [1.29, 1.82) is 0 Å². The first kappa shape index (κ1) is 14.4. The number of hydrogen-bond donors (Lipinski definition) is 3. The average Bonchev–Trinajstić information content (AvgIpc) is 3.01. The van der Waals surface area contributed by atoms with Gasteiger partial charge < -0.3 is 4.74 Å². The molecule has 0 fully saturated rings. The molecule has 112 valence electrons. The van der Waals surface area contributed by atoms with E-state index in [1.54, 1.807) is 31.5 Å². The maximum absolute atomic E-state index is 9.44. The number of aromatic nitrogens is 2. The molecule has 1 aromatic heterocycles. The van der Waals surface area contributed by atoms with E-state index in [1.807, 2.05) is 18.2 Å². The summed E-state index contributed by atoms with van der Waals surface area (Å²) in [5, 5.41) is 17.7. The number of amidine groups is 1. The number of nitrogens with zero attached hydrogens (tertiary/aromatic N) is 2. The van der Waals surface area contributed by atoms with Gasteiger partial charge in [0.25, 0.3) is 0 Å². The summed E-state index contributed by atoms with van der Waals surface area (Å²) in [6.07, 6.45) is 1.71. The number of hydrogen-bond acceptors (Lipinski definition) is 4. The van der Waals surface area contributed by atoms with Crippen LogP contribution < -0.4 is 10.2 Å². The highest BCUT2D eigenvalue weighted by Crippen LogP contribution is 2.29. The monoisotopic (exact) mass is 316 g/mol. The van der Waals surface area contributed by atoms with E-state index in [1.165, 1.54) is 0 Å². The number of H-pyrrole nitrogens is 1. The SMILES string of the molecule is COc1ccc(N=C(NO)c2cccc3cn[nH]c23)cc1Cl. The summed E-state index contributed by atoms with van der Waals surface area (Å²) in [6, 6.07) is 10.7. The van der Waals surface area contributed by atoms with Gasteiger partial charge in [0.1, 0.15) is 5.75 Å². The molecule has 0 spiro atoms. The largest absolute Gasteiger partial charge is 0.495 e. The average molecular weight is 317 g/mol. The first-order valence-electron chi connectivity index (χ1n) is 6.47. The predicted octanol–water partition coefficient (Wildman–Crippen LogP) is 3.28. The summed E-state index contributed by atoms with van der Waals surface area (Å²) in [7, 11) is 1.55. The van der Waals surface area contributed by atoms with Crippen LogP contribution in [-0.4, -0.2) is 28.4 Å². The number of nitrogens with one attached hydrogen (secondary N) is 2. The highest BCUT2D eigenvalue weighted by molar-refractivity contribution is 6.32. The predicted molar refractivity (Wildman–Crippen MR) is 85.2 cm³/mol. The van der Waals surface area contributed by atoms with Crippen molar-refractivity contribution in [3.8, 4) is 5.75 Å². The molecule has 0 saturated carbocycles. The lowest BCUT2D eigenvalue weighted by Gasteiger charge is -2.07. The molecule has 6 nitrogen and oxygen atoms in total. The quantitative estimate of drug-likeness (QED) is 0.393. The number of para-hydroxylation sites is 1. The molecule has 3 rings (SSSR count). The van der Waals surface area contributed by atoms with Crippen molar-refractivity contribution >= 4 is 34.0 Å². The second-order valence-electron chi connectivity index (χ2n) is 4.53. The number of rotatable bonds is 3. The third kappa shape index (κ3) is 2.61. The first-order chi connectivity index (χ1) is 10.7. The van der Waals surface area contributed by atoms with Crippen molar-refractivity contribution in [2.75, 3.05) is 7.11 Å². The molecule has 1 heterocycles. The number of halogens is 1. The van der Waals surface area contributed by atoms with Crippen molar-refractivity contribution < 1.29 is 9.94 Å². The van der Waals surface area contributed by atoms with Crippen LogP contribution in [0, 0.1) is 0 Å². The zero-order valence-electron chi connectivity index (χ0n) is 11.7. The van der Waals surface area contributed by atoms with Gasteiger partial charge in [0.2, 0.25) is 0 Å². The Labute approximate surface area is 131 Å². The molecule has 0 aliphatic rings. The Morgan fingerprint density at radius 3 is 2.95 bits per heavy atom. The molecule has 0 unspecified atom stereocenters. The van der Waals surface area contributed by atoms with Gasteiger partial charge in [-0.3, -0.25) is 15.8 Å². The van der Waals surface area contributed by atoms with Crippen molar-refractivity contribution in [2.24, 2.45) is 4.99 Å². The van der Waals surface area contributed by atoms with Gasteiger partial charge in [0.15, 0.2) is 5.84 Å². The van der Waals surface area contributed by atoms with E-state index in [0.717, 1.165) is 10.9 Å². The third-order valence-corrected chi connectivity index (χ3v) is 3.51. The molecule has 7 heteroatoms. The van der Waals surface area contributed by atoms with E-state index < -0.39 is 0 Å². The fraction of sp³-hybridized carbons (Fsp3) is 0.0667. The van der Waals surface area contributed by atoms with Gasteiger partial charge in [-0.05, 0) is 24.3 Å².